The van der Waals surface area contributed by atoms with E-state index in [1.165, 1.54) is 0 Å². The summed E-state index contributed by atoms with van der Waals surface area (Å²) in [5.74, 6) is 0.0562. The van der Waals surface area contributed by atoms with Crippen LogP contribution < -0.4 is 0 Å². The summed E-state index contributed by atoms with van der Waals surface area (Å²) in [5.41, 5.74) is 1.65. The molecule has 0 bridgehead atoms. The normalized spacial score (nSPS) is 10.8. The fraction of sp³-hybridized carbons (Fsp3) is 0.0556. The van der Waals surface area contributed by atoms with Crippen LogP contribution in [0.15, 0.2) is 65.1 Å². The molecule has 3 heteroatoms. The van der Waals surface area contributed by atoms with Crippen LogP contribution in [0.3, 0.4) is 0 Å². The van der Waals surface area contributed by atoms with E-state index in [1.807, 2.05) is 30.3 Å². The van der Waals surface area contributed by atoms with Gasteiger partial charge in [0.25, 0.3) is 0 Å². The van der Waals surface area contributed by atoms with E-state index >= 15 is 0 Å². The lowest BCUT2D eigenvalue weighted by Crippen LogP contribution is -2.05. The van der Waals surface area contributed by atoms with Crippen molar-refractivity contribution < 1.29 is 4.79 Å². The first kappa shape index (κ1) is 14.3. The van der Waals surface area contributed by atoms with E-state index in [0.717, 1.165) is 20.8 Å². The number of Topliss-reactive ketones (excluding diaryl/α,β-unsaturated/α-hetero) is 1. The summed E-state index contributed by atoms with van der Waals surface area (Å²) in [6.07, 6.45) is 0.361. The van der Waals surface area contributed by atoms with Crippen molar-refractivity contribution in [1.82, 2.24) is 0 Å². The molecule has 0 aliphatic carbocycles. The van der Waals surface area contributed by atoms with Gasteiger partial charge in [-0.15, -0.1) is 0 Å². The van der Waals surface area contributed by atoms with Crippen molar-refractivity contribution in [2.24, 2.45) is 0 Å². The van der Waals surface area contributed by atoms with E-state index in [-0.39, 0.29) is 5.78 Å². The molecule has 0 unspecified atom stereocenters. The van der Waals surface area contributed by atoms with Crippen molar-refractivity contribution >= 4 is 44.1 Å². The lowest BCUT2D eigenvalue weighted by atomic mass is 9.98. The molecule has 3 aromatic carbocycles. The molecule has 0 saturated heterocycles. The molecular formula is C18H12BrClO. The Morgan fingerprint density at radius 2 is 1.76 bits per heavy atom. The topological polar surface area (TPSA) is 17.1 Å². The lowest BCUT2D eigenvalue weighted by Gasteiger charge is -2.08. The van der Waals surface area contributed by atoms with Crippen molar-refractivity contribution in [3.8, 4) is 0 Å². The van der Waals surface area contributed by atoms with Gasteiger partial charge in [0.15, 0.2) is 5.78 Å². The molecule has 0 aliphatic heterocycles. The predicted octanol–water partition coefficient (Wildman–Crippen LogP) is 5.68. The molecule has 0 N–H and O–H groups in total. The highest BCUT2D eigenvalue weighted by molar-refractivity contribution is 9.10. The Kier molecular flexibility index (Phi) is 4.09. The van der Waals surface area contributed by atoms with E-state index in [0.29, 0.717) is 17.0 Å². The molecule has 21 heavy (non-hydrogen) atoms. The molecular weight excluding hydrogens is 348 g/mol. The van der Waals surface area contributed by atoms with Crippen molar-refractivity contribution in [1.29, 1.82) is 0 Å². The zero-order chi connectivity index (χ0) is 14.8. The number of ketones is 1. The molecule has 0 aromatic heterocycles. The molecule has 0 heterocycles. The minimum Gasteiger partial charge on any atom is -0.294 e. The number of benzene rings is 3. The summed E-state index contributed by atoms with van der Waals surface area (Å²) in [6.45, 7) is 0. The van der Waals surface area contributed by atoms with E-state index in [2.05, 4.69) is 28.1 Å². The highest BCUT2D eigenvalue weighted by Gasteiger charge is 2.13. The Hall–Kier alpha value is -1.64. The van der Waals surface area contributed by atoms with E-state index in [1.54, 1.807) is 18.2 Å². The predicted molar refractivity (Wildman–Crippen MR) is 91.1 cm³/mol. The van der Waals surface area contributed by atoms with Crippen LogP contribution in [0.2, 0.25) is 5.02 Å². The zero-order valence-electron chi connectivity index (χ0n) is 11.1. The summed E-state index contributed by atoms with van der Waals surface area (Å²) >= 11 is 9.40. The second kappa shape index (κ2) is 6.00. The van der Waals surface area contributed by atoms with Gasteiger partial charge in [0.1, 0.15) is 0 Å². The lowest BCUT2D eigenvalue weighted by molar-refractivity contribution is 0.0992. The summed E-state index contributed by atoms with van der Waals surface area (Å²) < 4.78 is 0.775. The Bertz CT molecular complexity index is 821. The van der Waals surface area contributed by atoms with Crippen LogP contribution in [0.5, 0.6) is 0 Å². The molecule has 0 saturated carbocycles. The Morgan fingerprint density at radius 1 is 1.00 bits per heavy atom. The third-order valence-corrected chi connectivity index (χ3v) is 4.39. The smallest absolute Gasteiger partial charge is 0.168 e. The second-order valence-corrected chi connectivity index (χ2v) is 6.15. The van der Waals surface area contributed by atoms with Crippen LogP contribution in [0, 0.1) is 0 Å². The standard InChI is InChI=1S/C18H12BrClO/c19-17-9-8-14(20)11-16(17)18(21)10-13-6-3-5-12-4-1-2-7-15(12)13/h1-9,11H,10H2. The largest absolute Gasteiger partial charge is 0.294 e. The first-order valence-electron chi connectivity index (χ1n) is 6.60. The molecule has 0 amide bonds. The SMILES string of the molecule is O=C(Cc1cccc2ccccc12)c1cc(Cl)ccc1Br. The van der Waals surface area contributed by atoms with Crippen molar-refractivity contribution in [3.05, 3.63) is 81.3 Å². The van der Waals surface area contributed by atoms with Gasteiger partial charge in [-0.3, -0.25) is 4.79 Å². The molecule has 3 aromatic rings. The van der Waals surface area contributed by atoms with Crippen LogP contribution in [0.4, 0.5) is 0 Å². The second-order valence-electron chi connectivity index (χ2n) is 4.86. The Morgan fingerprint density at radius 3 is 2.62 bits per heavy atom. The van der Waals surface area contributed by atoms with E-state index in [9.17, 15) is 4.79 Å². The third kappa shape index (κ3) is 3.02. The van der Waals surface area contributed by atoms with Gasteiger partial charge in [0, 0.05) is 21.5 Å². The van der Waals surface area contributed by atoms with Crippen molar-refractivity contribution in [2.75, 3.05) is 0 Å². The number of fused-ring (bicyclic) bond motifs is 1. The monoisotopic (exact) mass is 358 g/mol. The van der Waals surface area contributed by atoms with Crippen molar-refractivity contribution in [3.63, 3.8) is 0 Å². The van der Waals surface area contributed by atoms with Gasteiger partial charge in [-0.05, 0) is 34.5 Å². The fourth-order valence-corrected chi connectivity index (χ4v) is 3.07. The fourth-order valence-electron chi connectivity index (χ4n) is 2.43. The summed E-state index contributed by atoms with van der Waals surface area (Å²) in [5, 5.41) is 2.83. The van der Waals surface area contributed by atoms with Crippen LogP contribution in [0.25, 0.3) is 10.8 Å². The van der Waals surface area contributed by atoms with Gasteiger partial charge in [-0.1, -0.05) is 70.0 Å². The maximum atomic E-state index is 12.5. The summed E-state index contributed by atoms with van der Waals surface area (Å²) in [6, 6.07) is 19.4. The molecule has 3 rings (SSSR count). The molecule has 0 radical (unpaired) electrons. The third-order valence-electron chi connectivity index (χ3n) is 3.46. The van der Waals surface area contributed by atoms with Gasteiger partial charge < -0.3 is 0 Å². The molecule has 104 valence electrons. The highest BCUT2D eigenvalue weighted by Crippen LogP contribution is 2.25. The van der Waals surface area contributed by atoms with Gasteiger partial charge in [0.05, 0.1) is 0 Å². The van der Waals surface area contributed by atoms with Gasteiger partial charge in [-0.2, -0.15) is 0 Å². The molecule has 0 fully saturated rings. The van der Waals surface area contributed by atoms with E-state index < -0.39 is 0 Å². The van der Waals surface area contributed by atoms with Crippen molar-refractivity contribution in [2.45, 2.75) is 6.42 Å². The minimum atomic E-state index is 0.0562. The van der Waals surface area contributed by atoms with Crippen LogP contribution in [0.1, 0.15) is 15.9 Å². The van der Waals surface area contributed by atoms with Gasteiger partial charge in [-0.25, -0.2) is 0 Å². The van der Waals surface area contributed by atoms with Gasteiger partial charge >= 0.3 is 0 Å². The van der Waals surface area contributed by atoms with Crippen LogP contribution in [-0.2, 0) is 6.42 Å². The number of rotatable bonds is 3. The van der Waals surface area contributed by atoms with Crippen LogP contribution in [-0.4, -0.2) is 5.78 Å². The number of carbonyl (C=O) groups excluding carboxylic acids is 1. The summed E-state index contributed by atoms with van der Waals surface area (Å²) in [4.78, 5) is 12.5. The minimum absolute atomic E-state index is 0.0562. The average molecular weight is 360 g/mol. The first-order valence-corrected chi connectivity index (χ1v) is 7.77. The number of halogens is 2. The molecule has 0 atom stereocenters. The number of hydrogen-bond acceptors (Lipinski definition) is 1. The quantitative estimate of drug-likeness (QED) is 0.550. The van der Waals surface area contributed by atoms with E-state index in [4.69, 9.17) is 11.6 Å². The maximum absolute atomic E-state index is 12.5. The molecule has 1 nitrogen and oxygen atoms in total. The summed E-state index contributed by atoms with van der Waals surface area (Å²) in [7, 11) is 0. The number of hydrogen-bond donors (Lipinski definition) is 0. The highest BCUT2D eigenvalue weighted by atomic mass is 79.9. The molecule has 0 aliphatic rings. The number of carbonyl (C=O) groups is 1. The molecule has 0 spiro atoms. The zero-order valence-corrected chi connectivity index (χ0v) is 13.5. The Balaban J connectivity index is 1.99. The Labute approximate surface area is 136 Å². The van der Waals surface area contributed by atoms with Crippen LogP contribution >= 0.6 is 27.5 Å². The average Bonchev–Trinajstić information content (AvgIpc) is 2.50. The first-order chi connectivity index (χ1) is 10.1. The maximum Gasteiger partial charge on any atom is 0.168 e. The van der Waals surface area contributed by atoms with Gasteiger partial charge in [0.2, 0.25) is 0 Å².